The van der Waals surface area contributed by atoms with Crippen molar-refractivity contribution < 1.29 is 14.0 Å². The van der Waals surface area contributed by atoms with Crippen molar-refractivity contribution in [3.63, 3.8) is 0 Å². The number of carbonyl (C=O) groups excluding carboxylic acids is 2. The molecule has 1 saturated heterocycles. The maximum Gasteiger partial charge on any atom is 0.225 e. The number of benzene rings is 2. The number of carbonyl (C=O) groups is 2. The van der Waals surface area contributed by atoms with Crippen LogP contribution in [0.4, 0.5) is 4.39 Å². The first-order chi connectivity index (χ1) is 13.9. The number of hydrogen-bond donors (Lipinski definition) is 1. The van der Waals surface area contributed by atoms with Gasteiger partial charge in [0.2, 0.25) is 11.8 Å². The minimum atomic E-state index is -0.744. The summed E-state index contributed by atoms with van der Waals surface area (Å²) < 4.78 is 14.0. The van der Waals surface area contributed by atoms with E-state index < -0.39 is 5.41 Å². The van der Waals surface area contributed by atoms with Crippen molar-refractivity contribution in [1.82, 2.24) is 4.90 Å². The van der Waals surface area contributed by atoms with Gasteiger partial charge in [0.15, 0.2) is 0 Å². The predicted octanol–water partition coefficient (Wildman–Crippen LogP) is 3.79. The minimum absolute atomic E-state index is 0.110. The van der Waals surface area contributed by atoms with Crippen LogP contribution >= 0.6 is 0 Å². The number of rotatable bonds is 5. The number of nitrogens with zero attached hydrogens (tertiary/aromatic N) is 1. The first-order valence-corrected chi connectivity index (χ1v) is 10.3. The van der Waals surface area contributed by atoms with Gasteiger partial charge in [0.1, 0.15) is 5.82 Å². The Labute approximate surface area is 170 Å². The minimum Gasteiger partial charge on any atom is -0.369 e. The maximum atomic E-state index is 14.0. The normalized spacial score (nSPS) is 26.2. The fourth-order valence-electron chi connectivity index (χ4n) is 4.54. The van der Waals surface area contributed by atoms with Gasteiger partial charge in [-0.05, 0) is 48.8 Å². The lowest BCUT2D eigenvalue weighted by Gasteiger charge is -2.41. The van der Waals surface area contributed by atoms with Gasteiger partial charge in [-0.15, -0.1) is 0 Å². The molecule has 152 valence electrons. The van der Waals surface area contributed by atoms with Crippen LogP contribution in [0.5, 0.6) is 0 Å². The average molecular weight is 394 g/mol. The van der Waals surface area contributed by atoms with Crippen LogP contribution in [0.2, 0.25) is 0 Å². The number of amides is 2. The van der Waals surface area contributed by atoms with Crippen molar-refractivity contribution in [3.8, 4) is 11.1 Å². The van der Waals surface area contributed by atoms with E-state index in [-0.39, 0.29) is 23.5 Å². The Hall–Kier alpha value is -2.69. The van der Waals surface area contributed by atoms with E-state index in [4.69, 9.17) is 5.73 Å². The third kappa shape index (κ3) is 3.91. The predicted molar refractivity (Wildman–Crippen MR) is 110 cm³/mol. The number of hydrogen-bond acceptors (Lipinski definition) is 2. The first kappa shape index (κ1) is 19.6. The molecule has 2 amide bonds. The average Bonchev–Trinajstić information content (AvgIpc) is 3.45. The fourth-order valence-corrected chi connectivity index (χ4v) is 4.54. The summed E-state index contributed by atoms with van der Waals surface area (Å²) >= 11 is 0. The molecule has 2 aliphatic rings. The van der Waals surface area contributed by atoms with Crippen molar-refractivity contribution in [3.05, 3.63) is 59.9 Å². The van der Waals surface area contributed by atoms with E-state index in [1.165, 1.54) is 6.07 Å². The molecular formula is C24H27FN2O2. The van der Waals surface area contributed by atoms with Crippen molar-refractivity contribution in [1.29, 1.82) is 0 Å². The molecule has 1 saturated carbocycles. The lowest BCUT2D eigenvalue weighted by Crippen LogP contribution is -2.53. The summed E-state index contributed by atoms with van der Waals surface area (Å²) in [4.78, 5) is 27.0. The second kappa shape index (κ2) is 7.62. The first-order valence-electron chi connectivity index (χ1n) is 10.3. The van der Waals surface area contributed by atoms with Gasteiger partial charge in [-0.25, -0.2) is 4.39 Å². The van der Waals surface area contributed by atoms with Gasteiger partial charge in [0.25, 0.3) is 0 Å². The summed E-state index contributed by atoms with van der Waals surface area (Å²) in [5.74, 6) is 0.108. The van der Waals surface area contributed by atoms with E-state index >= 15 is 0 Å². The zero-order valence-electron chi connectivity index (χ0n) is 16.7. The molecule has 4 nitrogen and oxygen atoms in total. The largest absolute Gasteiger partial charge is 0.369 e. The molecule has 0 aromatic heterocycles. The third-order valence-corrected chi connectivity index (χ3v) is 6.52. The van der Waals surface area contributed by atoms with Crippen LogP contribution in [-0.2, 0) is 16.0 Å². The van der Waals surface area contributed by atoms with E-state index in [2.05, 4.69) is 6.92 Å². The smallest absolute Gasteiger partial charge is 0.225 e. The summed E-state index contributed by atoms with van der Waals surface area (Å²) in [7, 11) is 0. The summed E-state index contributed by atoms with van der Waals surface area (Å²) in [5, 5.41) is 0. The van der Waals surface area contributed by atoms with Gasteiger partial charge in [-0.2, -0.15) is 0 Å². The molecule has 0 unspecified atom stereocenters. The number of nitrogens with two attached hydrogens (primary N) is 1. The number of halogens is 1. The van der Waals surface area contributed by atoms with Crippen LogP contribution in [0.3, 0.4) is 0 Å². The quantitative estimate of drug-likeness (QED) is 0.839. The SMILES string of the molecule is C[C@@H]1C[C@H]1C(=O)N1CCC[C@](Cc2ccc(-c3ccccc3F)cc2)(C(N)=O)C1. The van der Waals surface area contributed by atoms with Gasteiger partial charge in [0.05, 0.1) is 5.41 Å². The molecule has 0 bridgehead atoms. The van der Waals surface area contributed by atoms with Gasteiger partial charge in [-0.1, -0.05) is 49.4 Å². The van der Waals surface area contributed by atoms with Crippen molar-refractivity contribution in [2.75, 3.05) is 13.1 Å². The zero-order chi connectivity index (χ0) is 20.6. The van der Waals surface area contributed by atoms with Gasteiger partial charge in [0, 0.05) is 24.6 Å². The van der Waals surface area contributed by atoms with Crippen LogP contribution in [0, 0.1) is 23.1 Å². The molecule has 29 heavy (non-hydrogen) atoms. The Morgan fingerprint density at radius 2 is 1.86 bits per heavy atom. The molecule has 0 radical (unpaired) electrons. The molecule has 4 rings (SSSR count). The lowest BCUT2D eigenvalue weighted by molar-refractivity contribution is -0.141. The summed E-state index contributed by atoms with van der Waals surface area (Å²) in [5.41, 5.74) is 7.42. The van der Waals surface area contributed by atoms with E-state index in [0.717, 1.165) is 24.0 Å². The highest BCUT2D eigenvalue weighted by molar-refractivity contribution is 5.85. The highest BCUT2D eigenvalue weighted by Gasteiger charge is 2.47. The third-order valence-electron chi connectivity index (χ3n) is 6.52. The molecule has 2 fully saturated rings. The molecule has 0 spiro atoms. The van der Waals surface area contributed by atoms with Crippen LogP contribution in [0.25, 0.3) is 11.1 Å². The Morgan fingerprint density at radius 3 is 2.48 bits per heavy atom. The lowest BCUT2D eigenvalue weighted by atomic mass is 9.74. The Morgan fingerprint density at radius 1 is 1.17 bits per heavy atom. The topological polar surface area (TPSA) is 63.4 Å². The standard InChI is InChI=1S/C24H27FN2O2/c1-16-13-20(16)22(28)27-12-4-11-24(15-27,23(26)29)14-17-7-9-18(10-8-17)19-5-2-3-6-21(19)25/h2-3,5-10,16,20H,4,11-15H2,1H3,(H2,26,29)/t16-,20-,24-/m1/s1. The number of piperidine rings is 1. The van der Waals surface area contributed by atoms with Crippen molar-refractivity contribution in [2.24, 2.45) is 23.0 Å². The van der Waals surface area contributed by atoms with Crippen LogP contribution in [0.1, 0.15) is 31.7 Å². The number of primary amides is 1. The van der Waals surface area contributed by atoms with Gasteiger partial charge < -0.3 is 10.6 Å². The van der Waals surface area contributed by atoms with Crippen LogP contribution in [0.15, 0.2) is 48.5 Å². The van der Waals surface area contributed by atoms with Gasteiger partial charge in [-0.3, -0.25) is 9.59 Å². The zero-order valence-corrected chi connectivity index (χ0v) is 16.7. The molecule has 2 N–H and O–H groups in total. The monoisotopic (exact) mass is 394 g/mol. The van der Waals surface area contributed by atoms with E-state index in [1.807, 2.05) is 35.2 Å². The van der Waals surface area contributed by atoms with Crippen LogP contribution in [-0.4, -0.2) is 29.8 Å². The summed E-state index contributed by atoms with van der Waals surface area (Å²) in [6.45, 7) is 3.17. The van der Waals surface area contributed by atoms with Crippen molar-refractivity contribution in [2.45, 2.75) is 32.6 Å². The Kier molecular flexibility index (Phi) is 5.15. The highest BCUT2D eigenvalue weighted by Crippen LogP contribution is 2.42. The molecule has 1 aliphatic heterocycles. The second-order valence-electron chi connectivity index (χ2n) is 8.68. The molecule has 3 atom stereocenters. The molecule has 5 heteroatoms. The Balaban J connectivity index is 1.53. The highest BCUT2D eigenvalue weighted by atomic mass is 19.1. The van der Waals surface area contributed by atoms with E-state index in [9.17, 15) is 14.0 Å². The molecule has 2 aromatic carbocycles. The van der Waals surface area contributed by atoms with Crippen molar-refractivity contribution >= 4 is 11.8 Å². The number of likely N-dealkylation sites (tertiary alicyclic amines) is 1. The second-order valence-corrected chi connectivity index (χ2v) is 8.68. The molecule has 2 aromatic rings. The van der Waals surface area contributed by atoms with E-state index in [1.54, 1.807) is 12.1 Å². The molecule has 1 aliphatic carbocycles. The summed E-state index contributed by atoms with van der Waals surface area (Å²) in [6, 6.07) is 14.3. The fraction of sp³-hybridized carbons (Fsp3) is 0.417. The molecular weight excluding hydrogens is 367 g/mol. The Bertz CT molecular complexity index is 927. The van der Waals surface area contributed by atoms with E-state index in [0.29, 0.717) is 37.4 Å². The summed E-state index contributed by atoms with van der Waals surface area (Å²) in [6.07, 6.45) is 2.89. The maximum absolute atomic E-state index is 14.0. The molecule has 1 heterocycles. The van der Waals surface area contributed by atoms with Gasteiger partial charge >= 0.3 is 0 Å². The van der Waals surface area contributed by atoms with Crippen LogP contribution < -0.4 is 5.73 Å².